The van der Waals surface area contributed by atoms with Gasteiger partial charge in [-0.25, -0.2) is 9.97 Å². The first kappa shape index (κ1) is 25.7. The summed E-state index contributed by atoms with van der Waals surface area (Å²) in [6.07, 6.45) is -8.16. The second-order valence-corrected chi connectivity index (χ2v) is 7.97. The van der Waals surface area contributed by atoms with Gasteiger partial charge in [0.05, 0.1) is 17.8 Å². The second kappa shape index (κ2) is 9.78. The molecule has 0 bridgehead atoms. The number of nitrogens with zero attached hydrogens (tertiary/aromatic N) is 4. The number of carbonyl (C=O) groups excluding carboxylic acids is 1. The molecule has 1 unspecified atom stereocenters. The average molecular weight is 573 g/mol. The molecule has 0 aliphatic carbocycles. The molecule has 0 saturated carbocycles. The maximum Gasteiger partial charge on any atom is 0.422 e. The van der Waals surface area contributed by atoms with Crippen LogP contribution in [-0.2, 0) is 6.18 Å². The van der Waals surface area contributed by atoms with Gasteiger partial charge < -0.3 is 10.1 Å². The Morgan fingerprint density at radius 2 is 1.91 bits per heavy atom. The maximum atomic E-state index is 13.0. The van der Waals surface area contributed by atoms with Crippen molar-refractivity contribution in [1.82, 2.24) is 25.1 Å². The SMILES string of the molecule is CC(NC(=O)c1cc(Cl)cc(C(F)(F)F)c1)c1nc(Br)nn1-c1ccc(OCC(F)(F)F)cn1. The van der Waals surface area contributed by atoms with Crippen molar-refractivity contribution in [2.45, 2.75) is 25.3 Å². The molecule has 182 valence electrons. The monoisotopic (exact) mass is 571 g/mol. The smallest absolute Gasteiger partial charge is 0.422 e. The molecule has 34 heavy (non-hydrogen) atoms. The first-order valence-electron chi connectivity index (χ1n) is 9.20. The first-order valence-corrected chi connectivity index (χ1v) is 10.4. The molecule has 0 aliphatic heterocycles. The van der Waals surface area contributed by atoms with Crippen LogP contribution in [0.1, 0.15) is 34.7 Å². The summed E-state index contributed by atoms with van der Waals surface area (Å²) in [5, 5.41) is 6.31. The van der Waals surface area contributed by atoms with E-state index in [0.717, 1.165) is 12.3 Å². The van der Waals surface area contributed by atoms with E-state index >= 15 is 0 Å². The van der Waals surface area contributed by atoms with Crippen LogP contribution in [0.15, 0.2) is 41.3 Å². The van der Waals surface area contributed by atoms with Gasteiger partial charge in [-0.15, -0.1) is 5.10 Å². The summed E-state index contributed by atoms with van der Waals surface area (Å²) in [5.41, 5.74) is -1.40. The van der Waals surface area contributed by atoms with E-state index in [9.17, 15) is 31.1 Å². The van der Waals surface area contributed by atoms with Gasteiger partial charge in [0.2, 0.25) is 4.73 Å². The summed E-state index contributed by atoms with van der Waals surface area (Å²) in [5.74, 6) is -0.717. The first-order chi connectivity index (χ1) is 15.7. The molecule has 0 saturated heterocycles. The molecule has 7 nitrogen and oxygen atoms in total. The van der Waals surface area contributed by atoms with Gasteiger partial charge in [0.15, 0.2) is 18.2 Å². The lowest BCUT2D eigenvalue weighted by atomic mass is 10.1. The van der Waals surface area contributed by atoms with Crippen molar-refractivity contribution in [2.24, 2.45) is 0 Å². The van der Waals surface area contributed by atoms with Crippen molar-refractivity contribution in [2.75, 3.05) is 6.61 Å². The van der Waals surface area contributed by atoms with Gasteiger partial charge in [0.25, 0.3) is 5.91 Å². The maximum absolute atomic E-state index is 13.0. The third-order valence-corrected chi connectivity index (χ3v) is 4.72. The number of pyridine rings is 1. The molecule has 1 amide bonds. The van der Waals surface area contributed by atoms with Crippen molar-refractivity contribution in [3.05, 3.63) is 63.2 Å². The van der Waals surface area contributed by atoms with Crippen LogP contribution in [0.5, 0.6) is 5.75 Å². The lowest BCUT2D eigenvalue weighted by molar-refractivity contribution is -0.153. The Hall–Kier alpha value is -2.87. The molecule has 3 rings (SSSR count). The number of carbonyl (C=O) groups is 1. The Kier molecular flexibility index (Phi) is 7.41. The molecule has 3 aromatic rings. The minimum Gasteiger partial charge on any atom is -0.483 e. The van der Waals surface area contributed by atoms with Crippen molar-refractivity contribution >= 4 is 33.4 Å². The Labute approximate surface area is 201 Å². The lowest BCUT2D eigenvalue weighted by Gasteiger charge is -2.15. The van der Waals surface area contributed by atoms with E-state index < -0.39 is 36.5 Å². The molecule has 1 atom stereocenters. The molecule has 15 heteroatoms. The quantitative estimate of drug-likeness (QED) is 0.393. The topological polar surface area (TPSA) is 81.9 Å². The number of benzene rings is 1. The third-order valence-electron chi connectivity index (χ3n) is 4.17. The summed E-state index contributed by atoms with van der Waals surface area (Å²) in [6, 6.07) is 4.13. The van der Waals surface area contributed by atoms with Gasteiger partial charge in [-0.2, -0.15) is 31.0 Å². The minimum atomic E-state index is -4.70. The van der Waals surface area contributed by atoms with Crippen LogP contribution < -0.4 is 10.1 Å². The van der Waals surface area contributed by atoms with Gasteiger partial charge in [-0.05, 0) is 53.2 Å². The zero-order chi connectivity index (χ0) is 25.3. The number of alkyl halides is 6. The number of halogens is 8. The number of amides is 1. The Morgan fingerprint density at radius 3 is 2.50 bits per heavy atom. The Balaban J connectivity index is 1.80. The Morgan fingerprint density at radius 1 is 1.21 bits per heavy atom. The van der Waals surface area contributed by atoms with Crippen molar-refractivity contribution in [3.8, 4) is 11.6 Å². The average Bonchev–Trinajstić information content (AvgIpc) is 3.13. The standard InChI is InChI=1S/C19H13BrClF6N5O2/c1-9(29-16(33)10-4-11(19(25,26)27)6-12(21)5-10)15-30-17(20)31-32(15)14-3-2-13(7-28-14)34-8-18(22,23)24/h2-7,9H,8H2,1H3,(H,29,33). The number of hydrogen-bond acceptors (Lipinski definition) is 5. The molecular formula is C19H13BrClF6N5O2. The second-order valence-electron chi connectivity index (χ2n) is 6.83. The molecule has 1 N–H and O–H groups in total. The molecule has 0 spiro atoms. The summed E-state index contributed by atoms with van der Waals surface area (Å²) in [6.45, 7) is 0.0116. The van der Waals surface area contributed by atoms with E-state index in [1.54, 1.807) is 0 Å². The summed E-state index contributed by atoms with van der Waals surface area (Å²) in [4.78, 5) is 20.7. The zero-order valence-electron chi connectivity index (χ0n) is 16.9. The predicted octanol–water partition coefficient (Wildman–Crippen LogP) is 5.53. The zero-order valence-corrected chi connectivity index (χ0v) is 19.2. The van der Waals surface area contributed by atoms with E-state index in [1.807, 2.05) is 0 Å². The van der Waals surface area contributed by atoms with E-state index in [0.29, 0.717) is 12.1 Å². The molecule has 1 aromatic carbocycles. The van der Waals surface area contributed by atoms with E-state index in [1.165, 1.54) is 23.7 Å². The third kappa shape index (κ3) is 6.59. The van der Waals surface area contributed by atoms with Gasteiger partial charge >= 0.3 is 12.4 Å². The lowest BCUT2D eigenvalue weighted by Crippen LogP contribution is -2.29. The largest absolute Gasteiger partial charge is 0.483 e. The van der Waals surface area contributed by atoms with Crippen molar-refractivity contribution < 1.29 is 35.9 Å². The summed E-state index contributed by atoms with van der Waals surface area (Å²) >= 11 is 8.81. The van der Waals surface area contributed by atoms with Gasteiger partial charge in [-0.3, -0.25) is 4.79 Å². The fourth-order valence-corrected chi connectivity index (χ4v) is 3.30. The van der Waals surface area contributed by atoms with Gasteiger partial charge in [0, 0.05) is 10.6 Å². The van der Waals surface area contributed by atoms with Crippen LogP contribution in [0.2, 0.25) is 5.02 Å². The van der Waals surface area contributed by atoms with E-state index in [-0.39, 0.29) is 32.7 Å². The highest BCUT2D eigenvalue weighted by Gasteiger charge is 2.32. The number of nitrogens with one attached hydrogen (secondary N) is 1. The molecule has 0 fully saturated rings. The van der Waals surface area contributed by atoms with Gasteiger partial charge in [-0.1, -0.05) is 11.6 Å². The molecule has 2 aromatic heterocycles. The normalized spacial score (nSPS) is 13.0. The number of aromatic nitrogens is 4. The van der Waals surface area contributed by atoms with Crippen LogP contribution in [-0.4, -0.2) is 38.4 Å². The van der Waals surface area contributed by atoms with E-state index in [2.05, 4.69) is 41.1 Å². The minimum absolute atomic E-state index is 0.102. The van der Waals surface area contributed by atoms with Crippen LogP contribution in [0, 0.1) is 0 Å². The van der Waals surface area contributed by atoms with Crippen LogP contribution in [0.3, 0.4) is 0 Å². The fourth-order valence-electron chi connectivity index (χ4n) is 2.72. The molecule has 0 radical (unpaired) electrons. The number of hydrogen-bond donors (Lipinski definition) is 1. The summed E-state index contributed by atoms with van der Waals surface area (Å²) in [7, 11) is 0. The molecule has 0 aliphatic rings. The number of ether oxygens (including phenoxy) is 1. The fraction of sp³-hybridized carbons (Fsp3) is 0.263. The van der Waals surface area contributed by atoms with Gasteiger partial charge in [0.1, 0.15) is 5.75 Å². The van der Waals surface area contributed by atoms with Crippen molar-refractivity contribution in [1.29, 1.82) is 0 Å². The molecular weight excluding hydrogens is 560 g/mol. The highest BCUT2D eigenvalue weighted by atomic mass is 79.9. The van der Waals surface area contributed by atoms with Crippen LogP contribution in [0.4, 0.5) is 26.3 Å². The van der Waals surface area contributed by atoms with E-state index in [4.69, 9.17) is 11.6 Å². The molecule has 2 heterocycles. The number of rotatable bonds is 6. The van der Waals surface area contributed by atoms with Crippen molar-refractivity contribution in [3.63, 3.8) is 0 Å². The van der Waals surface area contributed by atoms with Crippen LogP contribution >= 0.6 is 27.5 Å². The summed E-state index contributed by atoms with van der Waals surface area (Å²) < 4.78 is 81.8. The predicted molar refractivity (Wildman–Crippen MR) is 111 cm³/mol. The highest BCUT2D eigenvalue weighted by Crippen LogP contribution is 2.32. The Bertz CT molecular complexity index is 1180. The van der Waals surface area contributed by atoms with Crippen LogP contribution in [0.25, 0.3) is 5.82 Å². The highest BCUT2D eigenvalue weighted by molar-refractivity contribution is 9.10.